The third-order valence-corrected chi connectivity index (χ3v) is 9.63. The fourth-order valence-electron chi connectivity index (χ4n) is 6.08. The largest absolute Gasteiger partial charge is 0.415 e. The molecule has 2 aliphatic heterocycles. The highest BCUT2D eigenvalue weighted by Crippen LogP contribution is 2.25. The summed E-state index contributed by atoms with van der Waals surface area (Å²) in [6.07, 6.45) is 0.0751. The van der Waals surface area contributed by atoms with Gasteiger partial charge in [0.25, 0.3) is 41.0 Å². The van der Waals surface area contributed by atoms with Crippen molar-refractivity contribution in [1.82, 2.24) is 39.7 Å². The Bertz CT molecular complexity index is 2590. The van der Waals surface area contributed by atoms with Crippen LogP contribution in [-0.2, 0) is 6.54 Å². The van der Waals surface area contributed by atoms with Crippen molar-refractivity contribution in [1.29, 1.82) is 0 Å². The molecule has 4 aromatic heterocycles. The molecule has 6 aromatic rings. The second-order valence-electron chi connectivity index (χ2n) is 13.1. The number of carbonyl (C=O) groups excluding carboxylic acids is 4. The zero-order chi connectivity index (χ0) is 43.6. The van der Waals surface area contributed by atoms with Gasteiger partial charge in [-0.3, -0.25) is 38.6 Å². The lowest BCUT2D eigenvalue weighted by molar-refractivity contribution is 0.0636. The Balaban J connectivity index is 0.000000169. The molecule has 16 nitrogen and oxygen atoms in total. The van der Waals surface area contributed by atoms with E-state index in [4.69, 9.17) is 4.42 Å². The summed E-state index contributed by atoms with van der Waals surface area (Å²) in [4.78, 5) is 76.5. The molecule has 316 valence electrons. The summed E-state index contributed by atoms with van der Waals surface area (Å²) in [6, 6.07) is 19.1. The lowest BCUT2D eigenvalue weighted by Crippen LogP contribution is -2.31. The van der Waals surface area contributed by atoms with E-state index in [9.17, 15) is 46.3 Å². The fraction of sp³-hybridized carbons (Fsp3) is 0.250. The van der Waals surface area contributed by atoms with E-state index >= 15 is 0 Å². The number of amides is 4. The minimum atomic E-state index is -2.88. The van der Waals surface area contributed by atoms with Crippen molar-refractivity contribution < 1.29 is 45.6 Å². The number of aryl methyl sites for hydroxylation is 1. The number of imide groups is 2. The Kier molecular flexibility index (Phi) is 14.2. The van der Waals surface area contributed by atoms with E-state index in [2.05, 4.69) is 45.7 Å². The Morgan fingerprint density at radius 1 is 0.574 bits per heavy atom. The van der Waals surface area contributed by atoms with E-state index in [-0.39, 0.29) is 58.6 Å². The van der Waals surface area contributed by atoms with Crippen LogP contribution in [0.5, 0.6) is 0 Å². The van der Waals surface area contributed by atoms with E-state index in [0.29, 0.717) is 53.7 Å². The van der Waals surface area contributed by atoms with Gasteiger partial charge in [0, 0.05) is 60.6 Å². The van der Waals surface area contributed by atoms with E-state index in [1.54, 1.807) is 48.5 Å². The zero-order valence-corrected chi connectivity index (χ0v) is 33.3. The van der Waals surface area contributed by atoms with Crippen LogP contribution in [0.15, 0.2) is 104 Å². The first-order chi connectivity index (χ1) is 29.4. The van der Waals surface area contributed by atoms with Gasteiger partial charge >= 0.3 is 12.9 Å². The van der Waals surface area contributed by atoms with Crippen LogP contribution in [-0.4, -0.2) is 81.8 Å². The van der Waals surface area contributed by atoms with Crippen LogP contribution in [0.4, 0.5) is 17.6 Å². The summed E-state index contributed by atoms with van der Waals surface area (Å²) in [7, 11) is 0. The van der Waals surface area contributed by atoms with Gasteiger partial charge in [-0.05, 0) is 62.1 Å². The third-order valence-electron chi connectivity index (χ3n) is 9.07. The summed E-state index contributed by atoms with van der Waals surface area (Å²) in [5, 5.41) is 14.2. The molecule has 0 saturated heterocycles. The second-order valence-corrected chi connectivity index (χ2v) is 13.9. The maximum absolute atomic E-state index is 12.5. The van der Waals surface area contributed by atoms with Gasteiger partial charge in [-0.25, -0.2) is 0 Å². The van der Waals surface area contributed by atoms with Crippen molar-refractivity contribution in [2.24, 2.45) is 0 Å². The Morgan fingerprint density at radius 2 is 1.02 bits per heavy atom. The highest BCUT2D eigenvalue weighted by Gasteiger charge is 2.35. The van der Waals surface area contributed by atoms with Crippen molar-refractivity contribution in [2.75, 3.05) is 18.4 Å². The molecule has 0 unspecified atom stereocenters. The van der Waals surface area contributed by atoms with Gasteiger partial charge in [-0.2, -0.15) is 17.6 Å². The van der Waals surface area contributed by atoms with E-state index in [1.807, 2.05) is 0 Å². The zero-order valence-electron chi connectivity index (χ0n) is 31.7. The average Bonchev–Trinajstić information content (AvgIpc) is 4.05. The molecule has 1 N–H and O–H groups in total. The standard InChI is InChI=1S/C20H16F2N4O4.C12H12BrNO2.C8H5F2N3O2/c21-16(22)18-24-23-17(30-18)12-7-10-25(15(27)11-12)8-3-4-9-26-19(28)13-5-1-2-6-14(13)20(26)29;13-7-3-4-8-14-11(15)9-5-1-2-6-10(9)12(14)16;9-6(10)8-13-12-7(15-8)4-1-2-11-5(14)3-4/h1-2,5-7,10-11,16H,3-4,8-9H2;1-2,5-6H,3-4,7-8H2;1-3,6H,(H,11,14). The molecular weight excluding hydrogens is 876 g/mol. The first-order valence-corrected chi connectivity index (χ1v) is 19.6. The van der Waals surface area contributed by atoms with Crippen LogP contribution in [0.2, 0.25) is 0 Å². The topological polar surface area (TPSA) is 207 Å². The summed E-state index contributed by atoms with van der Waals surface area (Å²) in [6.45, 7) is 1.14. The summed E-state index contributed by atoms with van der Waals surface area (Å²) in [5.74, 6) is -2.74. The molecule has 2 aliphatic rings. The summed E-state index contributed by atoms with van der Waals surface area (Å²) in [5.41, 5.74) is 1.71. The fourth-order valence-corrected chi connectivity index (χ4v) is 6.48. The first-order valence-electron chi connectivity index (χ1n) is 18.5. The molecule has 61 heavy (non-hydrogen) atoms. The minimum Gasteiger partial charge on any atom is -0.415 e. The van der Waals surface area contributed by atoms with E-state index < -0.39 is 24.6 Å². The first kappa shape index (κ1) is 43.7. The number of unbranched alkanes of at least 4 members (excludes halogenated alkanes) is 2. The molecule has 0 bridgehead atoms. The Labute approximate surface area is 350 Å². The molecule has 21 heteroatoms. The van der Waals surface area contributed by atoms with Crippen molar-refractivity contribution in [3.63, 3.8) is 0 Å². The second kappa shape index (κ2) is 19.9. The predicted octanol–water partition coefficient (Wildman–Crippen LogP) is 6.73. The van der Waals surface area contributed by atoms with Gasteiger partial charge in [-0.1, -0.05) is 40.2 Å². The van der Waals surface area contributed by atoms with E-state index in [0.717, 1.165) is 18.2 Å². The lowest BCUT2D eigenvalue weighted by Gasteiger charge is -2.13. The van der Waals surface area contributed by atoms with Crippen LogP contribution < -0.4 is 11.1 Å². The number of H-pyrrole nitrogens is 1. The number of benzene rings is 2. The molecule has 0 atom stereocenters. The third kappa shape index (κ3) is 10.3. The van der Waals surface area contributed by atoms with Gasteiger partial charge in [0.15, 0.2) is 0 Å². The number of pyridine rings is 2. The Morgan fingerprint density at radius 3 is 1.43 bits per heavy atom. The highest BCUT2D eigenvalue weighted by molar-refractivity contribution is 9.09. The maximum Gasteiger partial charge on any atom is 0.314 e. The lowest BCUT2D eigenvalue weighted by atomic mass is 10.1. The molecule has 0 fully saturated rings. The number of fused-ring (bicyclic) bond motifs is 2. The molecule has 6 heterocycles. The number of carbonyl (C=O) groups is 4. The van der Waals surface area contributed by atoms with Gasteiger partial charge in [0.05, 0.1) is 22.3 Å². The van der Waals surface area contributed by atoms with Crippen LogP contribution in [0.25, 0.3) is 22.9 Å². The molecule has 0 saturated carbocycles. The number of nitrogens with zero attached hydrogens (tertiary/aromatic N) is 7. The number of rotatable bonds is 13. The molecular formula is C40H33BrF4N8O8. The van der Waals surface area contributed by atoms with Crippen molar-refractivity contribution in [3.8, 4) is 22.9 Å². The predicted molar refractivity (Wildman–Crippen MR) is 210 cm³/mol. The summed E-state index contributed by atoms with van der Waals surface area (Å²) >= 11 is 3.33. The van der Waals surface area contributed by atoms with Crippen molar-refractivity contribution in [2.45, 2.75) is 45.1 Å². The number of aromatic nitrogens is 6. The number of hydrogen-bond donors (Lipinski definition) is 1. The maximum atomic E-state index is 12.5. The monoisotopic (exact) mass is 908 g/mol. The van der Waals surface area contributed by atoms with Gasteiger partial charge in [0.1, 0.15) is 0 Å². The van der Waals surface area contributed by atoms with Gasteiger partial charge in [-0.15, -0.1) is 20.4 Å². The number of halogens is 5. The smallest absolute Gasteiger partial charge is 0.314 e. The molecule has 4 amide bonds. The normalized spacial score (nSPS) is 13.0. The molecule has 0 spiro atoms. The molecule has 8 rings (SSSR count). The minimum absolute atomic E-state index is 0.101. The molecule has 0 radical (unpaired) electrons. The van der Waals surface area contributed by atoms with Gasteiger partial charge < -0.3 is 18.4 Å². The number of nitrogens with one attached hydrogen (secondary N) is 1. The molecule has 2 aromatic carbocycles. The highest BCUT2D eigenvalue weighted by atomic mass is 79.9. The number of alkyl halides is 5. The van der Waals surface area contributed by atoms with Crippen LogP contribution in [0.1, 0.15) is 91.7 Å². The summed E-state index contributed by atoms with van der Waals surface area (Å²) < 4.78 is 60.2. The SMILES string of the molecule is O=C1c2ccccc2C(=O)N1CCCCBr.O=C1c2ccccc2C(=O)N1CCCCn1ccc(-c2nnc(C(F)F)o2)cc1=O.O=c1cc(-c2nnc(C(F)F)o2)cc[nH]1. The average molecular weight is 910 g/mol. The van der Waals surface area contributed by atoms with Crippen LogP contribution in [0.3, 0.4) is 0 Å². The number of aromatic amines is 1. The van der Waals surface area contributed by atoms with Crippen LogP contribution in [0, 0.1) is 0 Å². The van der Waals surface area contributed by atoms with E-state index in [1.165, 1.54) is 51.0 Å². The number of hydrogen-bond acceptors (Lipinski definition) is 12. The van der Waals surface area contributed by atoms with Crippen molar-refractivity contribution in [3.05, 3.63) is 140 Å². The quantitative estimate of drug-likeness (QED) is 0.0554. The van der Waals surface area contributed by atoms with Gasteiger partial charge in [0.2, 0.25) is 17.3 Å². The van der Waals surface area contributed by atoms with Crippen molar-refractivity contribution >= 4 is 39.6 Å². The Hall–Kier alpha value is -6.90. The van der Waals surface area contributed by atoms with Crippen LogP contribution >= 0.6 is 15.9 Å². The molecule has 0 aliphatic carbocycles.